The smallest absolute Gasteiger partial charge is 0.107 e. The van der Waals surface area contributed by atoms with Crippen molar-refractivity contribution in [1.29, 1.82) is 0 Å². The van der Waals surface area contributed by atoms with E-state index in [1.807, 2.05) is 29.9 Å². The molecule has 96 valence electrons. The molecule has 0 saturated carbocycles. The third-order valence-corrected chi connectivity index (χ3v) is 3.19. The number of aryl methyl sites for hydroxylation is 2. The summed E-state index contributed by atoms with van der Waals surface area (Å²) in [4.78, 5) is 0. The van der Waals surface area contributed by atoms with Crippen molar-refractivity contribution in [3.05, 3.63) is 52.3 Å². The molecule has 0 saturated heterocycles. The summed E-state index contributed by atoms with van der Waals surface area (Å²) in [5.74, 6) is 0. The first-order chi connectivity index (χ1) is 8.61. The van der Waals surface area contributed by atoms with Crippen molar-refractivity contribution in [2.45, 2.75) is 32.9 Å². The standard InChI is InChI=1S/C14H17ClN2O/c1-3-6-17-9-11(8-16-17)14(18)13-7-12(15)5-4-10(13)2/h4-5,7-9,14,18H,3,6H2,1-2H3. The van der Waals surface area contributed by atoms with Gasteiger partial charge in [0.15, 0.2) is 0 Å². The van der Waals surface area contributed by atoms with Crippen molar-refractivity contribution in [3.8, 4) is 0 Å². The molecule has 1 aromatic carbocycles. The van der Waals surface area contributed by atoms with E-state index >= 15 is 0 Å². The molecule has 0 fully saturated rings. The van der Waals surface area contributed by atoms with Crippen LogP contribution in [0.1, 0.15) is 36.1 Å². The van der Waals surface area contributed by atoms with Crippen molar-refractivity contribution in [3.63, 3.8) is 0 Å². The molecule has 3 nitrogen and oxygen atoms in total. The van der Waals surface area contributed by atoms with Gasteiger partial charge in [-0.15, -0.1) is 0 Å². The lowest BCUT2D eigenvalue weighted by molar-refractivity contribution is 0.219. The lowest BCUT2D eigenvalue weighted by Gasteiger charge is -2.12. The van der Waals surface area contributed by atoms with Gasteiger partial charge < -0.3 is 5.11 Å². The van der Waals surface area contributed by atoms with Crippen LogP contribution in [0.2, 0.25) is 5.02 Å². The van der Waals surface area contributed by atoms with Gasteiger partial charge in [0.2, 0.25) is 0 Å². The van der Waals surface area contributed by atoms with Crippen molar-refractivity contribution in [2.75, 3.05) is 0 Å². The second-order valence-corrected chi connectivity index (χ2v) is 4.88. The van der Waals surface area contributed by atoms with E-state index in [0.717, 1.165) is 29.7 Å². The van der Waals surface area contributed by atoms with E-state index < -0.39 is 6.10 Å². The Morgan fingerprint density at radius 1 is 1.44 bits per heavy atom. The van der Waals surface area contributed by atoms with Gasteiger partial charge in [-0.3, -0.25) is 4.68 Å². The minimum Gasteiger partial charge on any atom is -0.384 e. The SMILES string of the molecule is CCCn1cc(C(O)c2cc(Cl)ccc2C)cn1. The summed E-state index contributed by atoms with van der Waals surface area (Å²) in [5.41, 5.74) is 2.66. The quantitative estimate of drug-likeness (QED) is 0.920. The molecule has 18 heavy (non-hydrogen) atoms. The van der Waals surface area contributed by atoms with Gasteiger partial charge in [-0.2, -0.15) is 5.10 Å². The van der Waals surface area contributed by atoms with Crippen LogP contribution >= 0.6 is 11.6 Å². The molecular weight excluding hydrogens is 248 g/mol. The summed E-state index contributed by atoms with van der Waals surface area (Å²) in [7, 11) is 0. The summed E-state index contributed by atoms with van der Waals surface area (Å²) in [6.45, 7) is 4.92. The largest absolute Gasteiger partial charge is 0.384 e. The molecular formula is C14H17ClN2O. The molecule has 0 aliphatic carbocycles. The van der Waals surface area contributed by atoms with Gasteiger partial charge in [0, 0.05) is 23.3 Å². The lowest BCUT2D eigenvalue weighted by atomic mass is 10.00. The fourth-order valence-electron chi connectivity index (χ4n) is 1.96. The molecule has 2 rings (SSSR count). The maximum Gasteiger partial charge on any atom is 0.107 e. The topological polar surface area (TPSA) is 38.0 Å². The molecule has 1 aromatic heterocycles. The number of nitrogens with zero attached hydrogens (tertiary/aromatic N) is 2. The normalized spacial score (nSPS) is 12.7. The highest BCUT2D eigenvalue weighted by molar-refractivity contribution is 6.30. The highest BCUT2D eigenvalue weighted by Gasteiger charge is 2.15. The molecule has 0 amide bonds. The first kappa shape index (κ1) is 13.1. The number of rotatable bonds is 4. The van der Waals surface area contributed by atoms with Gasteiger partial charge in [0.25, 0.3) is 0 Å². The number of hydrogen-bond donors (Lipinski definition) is 1. The van der Waals surface area contributed by atoms with Crippen molar-refractivity contribution in [1.82, 2.24) is 9.78 Å². The summed E-state index contributed by atoms with van der Waals surface area (Å²) in [6.07, 6.45) is 3.94. The number of aliphatic hydroxyl groups is 1. The Morgan fingerprint density at radius 2 is 2.22 bits per heavy atom. The number of hydrogen-bond acceptors (Lipinski definition) is 2. The van der Waals surface area contributed by atoms with Gasteiger partial charge in [-0.05, 0) is 36.6 Å². The predicted octanol–water partition coefficient (Wildman–Crippen LogP) is 3.34. The van der Waals surface area contributed by atoms with E-state index in [0.29, 0.717) is 5.02 Å². The molecule has 0 bridgehead atoms. The van der Waals surface area contributed by atoms with Crippen molar-refractivity contribution < 1.29 is 5.11 Å². The molecule has 0 aliphatic rings. The van der Waals surface area contributed by atoms with Crippen molar-refractivity contribution in [2.24, 2.45) is 0 Å². The average molecular weight is 265 g/mol. The highest BCUT2D eigenvalue weighted by Crippen LogP contribution is 2.26. The van der Waals surface area contributed by atoms with Crippen LogP contribution in [-0.2, 0) is 6.54 Å². The van der Waals surface area contributed by atoms with Gasteiger partial charge in [-0.1, -0.05) is 24.6 Å². The molecule has 1 atom stereocenters. The summed E-state index contributed by atoms with van der Waals surface area (Å²) in [6, 6.07) is 5.55. The predicted molar refractivity (Wildman–Crippen MR) is 72.8 cm³/mol. The zero-order valence-electron chi connectivity index (χ0n) is 10.6. The van der Waals surface area contributed by atoms with Crippen LogP contribution in [0, 0.1) is 6.92 Å². The van der Waals surface area contributed by atoms with Crippen LogP contribution < -0.4 is 0 Å². The van der Waals surface area contributed by atoms with E-state index in [1.54, 1.807) is 12.3 Å². The molecule has 0 radical (unpaired) electrons. The van der Waals surface area contributed by atoms with E-state index in [-0.39, 0.29) is 0 Å². The van der Waals surface area contributed by atoms with E-state index in [9.17, 15) is 5.11 Å². The van der Waals surface area contributed by atoms with Gasteiger partial charge in [0.1, 0.15) is 6.10 Å². The van der Waals surface area contributed by atoms with Crippen LogP contribution in [0.5, 0.6) is 0 Å². The Balaban J connectivity index is 2.29. The lowest BCUT2D eigenvalue weighted by Crippen LogP contribution is -2.01. The fraction of sp³-hybridized carbons (Fsp3) is 0.357. The fourth-order valence-corrected chi connectivity index (χ4v) is 2.14. The van der Waals surface area contributed by atoms with Crippen LogP contribution in [0.25, 0.3) is 0 Å². The Hall–Kier alpha value is -1.32. The van der Waals surface area contributed by atoms with Gasteiger partial charge >= 0.3 is 0 Å². The summed E-state index contributed by atoms with van der Waals surface area (Å²) >= 11 is 5.97. The van der Waals surface area contributed by atoms with Crippen LogP contribution in [-0.4, -0.2) is 14.9 Å². The maximum absolute atomic E-state index is 10.4. The summed E-state index contributed by atoms with van der Waals surface area (Å²) < 4.78 is 1.85. The zero-order valence-corrected chi connectivity index (χ0v) is 11.4. The third-order valence-electron chi connectivity index (χ3n) is 2.96. The Labute approximate surface area is 112 Å². The molecule has 0 spiro atoms. The second kappa shape index (κ2) is 5.55. The highest BCUT2D eigenvalue weighted by atomic mass is 35.5. The van der Waals surface area contributed by atoms with E-state index in [2.05, 4.69) is 12.0 Å². The number of benzene rings is 1. The minimum absolute atomic E-state index is 0.635. The zero-order chi connectivity index (χ0) is 13.1. The molecule has 4 heteroatoms. The van der Waals surface area contributed by atoms with Gasteiger partial charge in [-0.25, -0.2) is 0 Å². The van der Waals surface area contributed by atoms with E-state index in [1.165, 1.54) is 0 Å². The molecule has 2 aromatic rings. The van der Waals surface area contributed by atoms with E-state index in [4.69, 9.17) is 11.6 Å². The average Bonchev–Trinajstić information content (AvgIpc) is 2.80. The molecule has 1 heterocycles. The Morgan fingerprint density at radius 3 is 2.94 bits per heavy atom. The van der Waals surface area contributed by atoms with Crippen LogP contribution in [0.3, 0.4) is 0 Å². The monoisotopic (exact) mass is 264 g/mol. The summed E-state index contributed by atoms with van der Waals surface area (Å²) in [5, 5.41) is 15.2. The Bertz CT molecular complexity index is 536. The molecule has 1 unspecified atom stereocenters. The Kier molecular flexibility index (Phi) is 4.04. The molecule has 0 aliphatic heterocycles. The van der Waals surface area contributed by atoms with Crippen molar-refractivity contribution >= 4 is 11.6 Å². The maximum atomic E-state index is 10.4. The molecule has 1 N–H and O–H groups in total. The first-order valence-corrected chi connectivity index (χ1v) is 6.46. The van der Waals surface area contributed by atoms with Gasteiger partial charge in [0.05, 0.1) is 6.20 Å². The first-order valence-electron chi connectivity index (χ1n) is 6.08. The second-order valence-electron chi connectivity index (χ2n) is 4.44. The number of aromatic nitrogens is 2. The van der Waals surface area contributed by atoms with Crippen LogP contribution in [0.4, 0.5) is 0 Å². The number of halogens is 1. The third kappa shape index (κ3) is 2.74. The number of aliphatic hydroxyl groups excluding tert-OH is 1. The minimum atomic E-state index is -0.672. The van der Waals surface area contributed by atoms with Crippen LogP contribution in [0.15, 0.2) is 30.6 Å².